The molecule has 2 unspecified atom stereocenters. The lowest BCUT2D eigenvalue weighted by atomic mass is 10.0. The number of rotatable bonds is 3. The fourth-order valence-electron chi connectivity index (χ4n) is 2.46. The van der Waals surface area contributed by atoms with Gasteiger partial charge in [-0.15, -0.1) is 0 Å². The van der Waals surface area contributed by atoms with Crippen molar-refractivity contribution in [3.8, 4) is 0 Å². The summed E-state index contributed by atoms with van der Waals surface area (Å²) in [6.07, 6.45) is 0.839. The number of benzene rings is 1. The smallest absolute Gasteiger partial charge is 0.270 e. The van der Waals surface area contributed by atoms with Crippen molar-refractivity contribution in [3.05, 3.63) is 39.9 Å². The standard InChI is InChI=1S/C13H16N2O4/c1-9-5-6-14(12(9)8-16)13(17)10-3-2-4-11(7-10)15(18)19/h2-4,7,9,12,16H,5-6,8H2,1H3. The van der Waals surface area contributed by atoms with Gasteiger partial charge in [0.15, 0.2) is 0 Å². The summed E-state index contributed by atoms with van der Waals surface area (Å²) in [6, 6.07) is 5.49. The fourth-order valence-corrected chi connectivity index (χ4v) is 2.46. The lowest BCUT2D eigenvalue weighted by Gasteiger charge is -2.25. The second kappa shape index (κ2) is 5.36. The van der Waals surface area contributed by atoms with E-state index in [2.05, 4.69) is 0 Å². The molecule has 1 aromatic carbocycles. The van der Waals surface area contributed by atoms with Gasteiger partial charge in [0.1, 0.15) is 0 Å². The molecule has 6 nitrogen and oxygen atoms in total. The van der Waals surface area contributed by atoms with Crippen molar-refractivity contribution >= 4 is 11.6 Å². The third-order valence-corrected chi connectivity index (χ3v) is 3.63. The number of likely N-dealkylation sites (tertiary alicyclic amines) is 1. The van der Waals surface area contributed by atoms with Gasteiger partial charge in [-0.2, -0.15) is 0 Å². The van der Waals surface area contributed by atoms with E-state index in [1.807, 2.05) is 6.92 Å². The van der Waals surface area contributed by atoms with Gasteiger partial charge in [-0.05, 0) is 18.4 Å². The molecule has 0 saturated carbocycles. The van der Waals surface area contributed by atoms with Crippen molar-refractivity contribution < 1.29 is 14.8 Å². The highest BCUT2D eigenvalue weighted by molar-refractivity contribution is 5.95. The average molecular weight is 264 g/mol. The maximum Gasteiger partial charge on any atom is 0.270 e. The zero-order valence-electron chi connectivity index (χ0n) is 10.7. The van der Waals surface area contributed by atoms with Crippen LogP contribution < -0.4 is 0 Å². The second-order valence-corrected chi connectivity index (χ2v) is 4.82. The Balaban J connectivity index is 2.24. The monoisotopic (exact) mass is 264 g/mol. The summed E-state index contributed by atoms with van der Waals surface area (Å²) in [5, 5.41) is 20.1. The Labute approximate surface area is 110 Å². The molecule has 1 N–H and O–H groups in total. The number of non-ortho nitro benzene ring substituents is 1. The maximum atomic E-state index is 12.3. The van der Waals surface area contributed by atoms with Crippen molar-refractivity contribution in [2.45, 2.75) is 19.4 Å². The molecule has 2 atom stereocenters. The molecule has 2 rings (SSSR count). The zero-order chi connectivity index (χ0) is 14.0. The number of nitro groups is 1. The Morgan fingerprint density at radius 3 is 2.95 bits per heavy atom. The Hall–Kier alpha value is -1.95. The number of hydrogen-bond acceptors (Lipinski definition) is 4. The molecular formula is C13H16N2O4. The molecule has 0 spiro atoms. The molecule has 0 bridgehead atoms. The normalized spacial score (nSPS) is 22.5. The van der Waals surface area contributed by atoms with E-state index in [4.69, 9.17) is 0 Å². The molecule has 1 fully saturated rings. The van der Waals surface area contributed by atoms with Crippen LogP contribution in [0.2, 0.25) is 0 Å². The van der Waals surface area contributed by atoms with E-state index in [-0.39, 0.29) is 30.2 Å². The minimum atomic E-state index is -0.521. The van der Waals surface area contributed by atoms with Crippen LogP contribution in [0.4, 0.5) is 5.69 Å². The summed E-state index contributed by atoms with van der Waals surface area (Å²) in [5.41, 5.74) is 0.195. The van der Waals surface area contributed by atoms with Gasteiger partial charge in [0.05, 0.1) is 17.6 Å². The fraction of sp³-hybridized carbons (Fsp3) is 0.462. The second-order valence-electron chi connectivity index (χ2n) is 4.82. The average Bonchev–Trinajstić information content (AvgIpc) is 2.79. The molecular weight excluding hydrogens is 248 g/mol. The van der Waals surface area contributed by atoms with Crippen molar-refractivity contribution in [2.75, 3.05) is 13.2 Å². The molecule has 1 aliphatic rings. The van der Waals surface area contributed by atoms with Crippen molar-refractivity contribution in [1.82, 2.24) is 4.90 Å². The highest BCUT2D eigenvalue weighted by atomic mass is 16.6. The minimum absolute atomic E-state index is 0.0815. The number of nitro benzene ring substituents is 1. The number of amides is 1. The van der Waals surface area contributed by atoms with E-state index in [1.165, 1.54) is 18.2 Å². The molecule has 1 heterocycles. The van der Waals surface area contributed by atoms with Gasteiger partial charge in [0, 0.05) is 24.2 Å². The van der Waals surface area contributed by atoms with E-state index >= 15 is 0 Å². The first-order valence-electron chi connectivity index (χ1n) is 6.21. The third-order valence-electron chi connectivity index (χ3n) is 3.63. The van der Waals surface area contributed by atoms with Crippen LogP contribution in [0.25, 0.3) is 0 Å². The van der Waals surface area contributed by atoms with Crippen LogP contribution in [0.1, 0.15) is 23.7 Å². The van der Waals surface area contributed by atoms with E-state index in [0.29, 0.717) is 12.1 Å². The van der Waals surface area contributed by atoms with Gasteiger partial charge in [0.25, 0.3) is 11.6 Å². The molecule has 0 aliphatic carbocycles. The Morgan fingerprint density at radius 2 is 2.32 bits per heavy atom. The molecule has 1 aliphatic heterocycles. The lowest BCUT2D eigenvalue weighted by Crippen LogP contribution is -2.39. The SMILES string of the molecule is CC1CCN(C(=O)c2cccc([N+](=O)[O-])c2)C1CO. The first kappa shape index (κ1) is 13.5. The van der Waals surface area contributed by atoms with E-state index in [1.54, 1.807) is 11.0 Å². The molecule has 19 heavy (non-hydrogen) atoms. The number of nitrogens with zero attached hydrogens (tertiary/aromatic N) is 2. The predicted octanol–water partition coefficient (Wildman–Crippen LogP) is 1.44. The first-order valence-corrected chi connectivity index (χ1v) is 6.21. The Bertz CT molecular complexity index is 503. The lowest BCUT2D eigenvalue weighted by molar-refractivity contribution is -0.384. The number of aliphatic hydroxyl groups excluding tert-OH is 1. The van der Waals surface area contributed by atoms with E-state index < -0.39 is 4.92 Å². The largest absolute Gasteiger partial charge is 0.394 e. The molecule has 1 amide bonds. The van der Waals surface area contributed by atoms with Gasteiger partial charge < -0.3 is 10.0 Å². The van der Waals surface area contributed by atoms with Crippen LogP contribution in [-0.2, 0) is 0 Å². The Morgan fingerprint density at radius 1 is 1.58 bits per heavy atom. The summed E-state index contributed by atoms with van der Waals surface area (Å²) < 4.78 is 0. The summed E-state index contributed by atoms with van der Waals surface area (Å²) in [4.78, 5) is 24.1. The van der Waals surface area contributed by atoms with Crippen LogP contribution in [0.15, 0.2) is 24.3 Å². The van der Waals surface area contributed by atoms with Crippen LogP contribution in [-0.4, -0.2) is 40.0 Å². The van der Waals surface area contributed by atoms with Gasteiger partial charge in [0.2, 0.25) is 0 Å². The number of aliphatic hydroxyl groups is 1. The number of hydrogen-bond donors (Lipinski definition) is 1. The van der Waals surface area contributed by atoms with Crippen LogP contribution in [0.5, 0.6) is 0 Å². The molecule has 0 aromatic heterocycles. The summed E-state index contributed by atoms with van der Waals surface area (Å²) in [5.74, 6) is -0.0141. The zero-order valence-corrected chi connectivity index (χ0v) is 10.7. The summed E-state index contributed by atoms with van der Waals surface area (Å²) in [6.45, 7) is 2.48. The quantitative estimate of drug-likeness (QED) is 0.661. The highest BCUT2D eigenvalue weighted by Crippen LogP contribution is 2.26. The summed E-state index contributed by atoms with van der Waals surface area (Å²) in [7, 11) is 0. The van der Waals surface area contributed by atoms with Gasteiger partial charge >= 0.3 is 0 Å². The first-order chi connectivity index (χ1) is 9.04. The van der Waals surface area contributed by atoms with Crippen molar-refractivity contribution in [3.63, 3.8) is 0 Å². The molecule has 1 saturated heterocycles. The van der Waals surface area contributed by atoms with Crippen LogP contribution >= 0.6 is 0 Å². The third kappa shape index (κ3) is 2.58. The molecule has 0 radical (unpaired) electrons. The minimum Gasteiger partial charge on any atom is -0.394 e. The topological polar surface area (TPSA) is 83.7 Å². The molecule has 6 heteroatoms. The van der Waals surface area contributed by atoms with Gasteiger partial charge in [-0.3, -0.25) is 14.9 Å². The highest BCUT2D eigenvalue weighted by Gasteiger charge is 2.34. The summed E-state index contributed by atoms with van der Waals surface area (Å²) >= 11 is 0. The van der Waals surface area contributed by atoms with Crippen molar-refractivity contribution in [2.24, 2.45) is 5.92 Å². The predicted molar refractivity (Wildman–Crippen MR) is 68.8 cm³/mol. The van der Waals surface area contributed by atoms with Crippen LogP contribution in [0, 0.1) is 16.0 Å². The van der Waals surface area contributed by atoms with Gasteiger partial charge in [-0.25, -0.2) is 0 Å². The van der Waals surface area contributed by atoms with E-state index in [0.717, 1.165) is 6.42 Å². The number of carbonyl (C=O) groups is 1. The maximum absolute atomic E-state index is 12.3. The molecule has 1 aromatic rings. The Kier molecular flexibility index (Phi) is 3.80. The molecule has 102 valence electrons. The van der Waals surface area contributed by atoms with E-state index in [9.17, 15) is 20.0 Å². The van der Waals surface area contributed by atoms with Crippen LogP contribution in [0.3, 0.4) is 0 Å². The number of carbonyl (C=O) groups excluding carboxylic acids is 1. The van der Waals surface area contributed by atoms with Gasteiger partial charge in [-0.1, -0.05) is 13.0 Å². The van der Waals surface area contributed by atoms with Crippen molar-refractivity contribution in [1.29, 1.82) is 0 Å².